The van der Waals surface area contributed by atoms with Crippen molar-refractivity contribution in [3.8, 4) is 0 Å². The van der Waals surface area contributed by atoms with Crippen molar-refractivity contribution in [1.82, 2.24) is 5.32 Å². The number of unbranched alkanes of at least 4 members (excludes halogenated alkanes) is 1. The van der Waals surface area contributed by atoms with E-state index in [1.165, 1.54) is 12.8 Å². The molecule has 116 valence electrons. The van der Waals surface area contributed by atoms with Gasteiger partial charge >= 0.3 is 0 Å². The summed E-state index contributed by atoms with van der Waals surface area (Å²) in [5, 5.41) is 2.75. The third kappa shape index (κ3) is 6.98. The Labute approximate surface area is 133 Å². The second kappa shape index (κ2) is 11.8. The first-order valence-corrected chi connectivity index (χ1v) is 6.48. The number of nitrogens with one attached hydrogen (secondary N) is 1. The standard InChI is InChI=1S/C14H23N3O.2ClH/c1-3-4-11-17(2)13-7-5-12(6-8-13)14(18)16-10-9-15;;/h5-8H,3-4,9-11,15H2,1-2H3,(H,16,18);2*1H. The van der Waals surface area contributed by atoms with E-state index in [1.54, 1.807) is 0 Å². The minimum absolute atomic E-state index is 0. The topological polar surface area (TPSA) is 58.4 Å². The molecule has 0 aliphatic heterocycles. The van der Waals surface area contributed by atoms with Crippen LogP contribution in [0.3, 0.4) is 0 Å². The van der Waals surface area contributed by atoms with Crippen LogP contribution in [0.4, 0.5) is 5.69 Å². The molecule has 0 aliphatic carbocycles. The van der Waals surface area contributed by atoms with E-state index in [0.29, 0.717) is 18.7 Å². The quantitative estimate of drug-likeness (QED) is 0.811. The molecule has 6 heteroatoms. The molecule has 1 aromatic carbocycles. The molecule has 0 saturated heterocycles. The van der Waals surface area contributed by atoms with Gasteiger partial charge in [-0.25, -0.2) is 0 Å². The summed E-state index contributed by atoms with van der Waals surface area (Å²) in [7, 11) is 2.07. The first-order chi connectivity index (χ1) is 8.69. The van der Waals surface area contributed by atoms with Crippen LogP contribution in [0.1, 0.15) is 30.1 Å². The molecule has 1 amide bonds. The van der Waals surface area contributed by atoms with E-state index in [0.717, 1.165) is 12.2 Å². The van der Waals surface area contributed by atoms with Crippen molar-refractivity contribution >= 4 is 36.4 Å². The number of hydrogen-bond donors (Lipinski definition) is 2. The average molecular weight is 322 g/mol. The fourth-order valence-corrected chi connectivity index (χ4v) is 1.68. The maximum absolute atomic E-state index is 11.7. The molecule has 0 saturated carbocycles. The lowest BCUT2D eigenvalue weighted by Crippen LogP contribution is -2.29. The van der Waals surface area contributed by atoms with Crippen molar-refractivity contribution in [2.45, 2.75) is 19.8 Å². The Hall–Kier alpha value is -0.970. The van der Waals surface area contributed by atoms with Gasteiger partial charge in [-0.2, -0.15) is 0 Å². The zero-order valence-corrected chi connectivity index (χ0v) is 13.7. The number of amides is 1. The van der Waals surface area contributed by atoms with Gasteiger partial charge in [0.25, 0.3) is 5.91 Å². The van der Waals surface area contributed by atoms with Gasteiger partial charge in [-0.05, 0) is 30.7 Å². The summed E-state index contributed by atoms with van der Waals surface area (Å²) in [6.07, 6.45) is 2.36. The second-order valence-electron chi connectivity index (χ2n) is 4.37. The molecule has 0 radical (unpaired) electrons. The molecule has 4 nitrogen and oxygen atoms in total. The van der Waals surface area contributed by atoms with Gasteiger partial charge in [0, 0.05) is 37.9 Å². The Bertz CT molecular complexity index is 371. The predicted molar refractivity (Wildman–Crippen MR) is 90.5 cm³/mol. The van der Waals surface area contributed by atoms with Gasteiger partial charge in [0.15, 0.2) is 0 Å². The maximum Gasteiger partial charge on any atom is 0.251 e. The normalized spacial score (nSPS) is 9.15. The van der Waals surface area contributed by atoms with Crippen LogP contribution in [-0.4, -0.2) is 32.6 Å². The van der Waals surface area contributed by atoms with E-state index in [-0.39, 0.29) is 30.7 Å². The van der Waals surface area contributed by atoms with Crippen LogP contribution in [0.15, 0.2) is 24.3 Å². The highest BCUT2D eigenvalue weighted by molar-refractivity contribution is 5.94. The van der Waals surface area contributed by atoms with Gasteiger partial charge in [-0.15, -0.1) is 24.8 Å². The zero-order valence-electron chi connectivity index (χ0n) is 12.1. The Balaban J connectivity index is 0. The number of halogens is 2. The molecule has 1 aromatic rings. The lowest BCUT2D eigenvalue weighted by molar-refractivity contribution is 0.0955. The van der Waals surface area contributed by atoms with Gasteiger partial charge in [-0.3, -0.25) is 4.79 Å². The van der Waals surface area contributed by atoms with E-state index >= 15 is 0 Å². The first-order valence-electron chi connectivity index (χ1n) is 6.48. The number of carbonyl (C=O) groups is 1. The Morgan fingerprint density at radius 2 is 1.85 bits per heavy atom. The summed E-state index contributed by atoms with van der Waals surface area (Å²) in [5.74, 6) is -0.0665. The van der Waals surface area contributed by atoms with E-state index in [4.69, 9.17) is 5.73 Å². The monoisotopic (exact) mass is 321 g/mol. The van der Waals surface area contributed by atoms with Gasteiger partial charge in [0.1, 0.15) is 0 Å². The van der Waals surface area contributed by atoms with Gasteiger partial charge in [-0.1, -0.05) is 13.3 Å². The zero-order chi connectivity index (χ0) is 13.4. The SMILES string of the molecule is CCCCN(C)c1ccc(C(=O)NCCN)cc1.Cl.Cl. The van der Waals surface area contributed by atoms with Crippen LogP contribution in [0, 0.1) is 0 Å². The molecule has 20 heavy (non-hydrogen) atoms. The number of nitrogens with two attached hydrogens (primary N) is 1. The van der Waals surface area contributed by atoms with Crippen molar-refractivity contribution in [3.63, 3.8) is 0 Å². The highest BCUT2D eigenvalue weighted by Gasteiger charge is 2.05. The number of carbonyl (C=O) groups excluding carboxylic acids is 1. The highest BCUT2D eigenvalue weighted by Crippen LogP contribution is 2.14. The smallest absolute Gasteiger partial charge is 0.251 e. The van der Waals surface area contributed by atoms with E-state index in [9.17, 15) is 4.79 Å². The number of benzene rings is 1. The van der Waals surface area contributed by atoms with E-state index < -0.39 is 0 Å². The van der Waals surface area contributed by atoms with Crippen molar-refractivity contribution < 1.29 is 4.79 Å². The summed E-state index contributed by atoms with van der Waals surface area (Å²) in [4.78, 5) is 13.9. The molecule has 0 atom stereocenters. The Morgan fingerprint density at radius 3 is 2.35 bits per heavy atom. The minimum atomic E-state index is -0.0665. The minimum Gasteiger partial charge on any atom is -0.375 e. The first kappa shape index (κ1) is 21.3. The lowest BCUT2D eigenvalue weighted by atomic mass is 10.2. The third-order valence-electron chi connectivity index (χ3n) is 2.85. The Kier molecular flexibility index (Phi) is 12.6. The van der Waals surface area contributed by atoms with Crippen molar-refractivity contribution in [2.24, 2.45) is 5.73 Å². The summed E-state index contributed by atoms with van der Waals surface area (Å²) in [5.41, 5.74) is 7.16. The molecular weight excluding hydrogens is 297 g/mol. The number of rotatable bonds is 7. The Morgan fingerprint density at radius 1 is 1.25 bits per heavy atom. The number of nitrogens with zero attached hydrogens (tertiary/aromatic N) is 1. The molecule has 0 spiro atoms. The summed E-state index contributed by atoms with van der Waals surface area (Å²) in [6, 6.07) is 7.66. The van der Waals surface area contributed by atoms with Crippen LogP contribution >= 0.6 is 24.8 Å². The van der Waals surface area contributed by atoms with E-state index in [1.807, 2.05) is 24.3 Å². The largest absolute Gasteiger partial charge is 0.375 e. The van der Waals surface area contributed by atoms with Crippen LogP contribution in [0.2, 0.25) is 0 Å². The molecule has 0 aliphatic rings. The van der Waals surface area contributed by atoms with Gasteiger partial charge < -0.3 is 16.0 Å². The molecule has 0 fully saturated rings. The van der Waals surface area contributed by atoms with Gasteiger partial charge in [0.2, 0.25) is 0 Å². The molecular formula is C14H25Cl2N3O. The van der Waals surface area contributed by atoms with Crippen molar-refractivity contribution in [3.05, 3.63) is 29.8 Å². The fourth-order valence-electron chi connectivity index (χ4n) is 1.68. The van der Waals surface area contributed by atoms with Crippen LogP contribution in [-0.2, 0) is 0 Å². The van der Waals surface area contributed by atoms with Crippen molar-refractivity contribution in [1.29, 1.82) is 0 Å². The van der Waals surface area contributed by atoms with Crippen LogP contribution in [0.25, 0.3) is 0 Å². The molecule has 0 heterocycles. The molecule has 3 N–H and O–H groups in total. The fraction of sp³-hybridized carbons (Fsp3) is 0.500. The predicted octanol–water partition coefficient (Wildman–Crippen LogP) is 2.46. The van der Waals surface area contributed by atoms with Crippen LogP contribution in [0.5, 0.6) is 0 Å². The molecule has 1 rings (SSSR count). The lowest BCUT2D eigenvalue weighted by Gasteiger charge is -2.19. The highest BCUT2D eigenvalue weighted by atomic mass is 35.5. The van der Waals surface area contributed by atoms with Gasteiger partial charge in [0.05, 0.1) is 0 Å². The maximum atomic E-state index is 11.7. The number of hydrogen-bond acceptors (Lipinski definition) is 3. The summed E-state index contributed by atoms with van der Waals surface area (Å²) in [6.45, 7) is 4.19. The molecule has 0 aromatic heterocycles. The van der Waals surface area contributed by atoms with Crippen molar-refractivity contribution in [2.75, 3.05) is 31.6 Å². The average Bonchev–Trinajstić information content (AvgIpc) is 2.42. The van der Waals surface area contributed by atoms with Crippen LogP contribution < -0.4 is 16.0 Å². The molecule has 0 bridgehead atoms. The molecule has 0 unspecified atom stereocenters. The van der Waals surface area contributed by atoms with E-state index in [2.05, 4.69) is 24.2 Å². The summed E-state index contributed by atoms with van der Waals surface area (Å²) < 4.78 is 0. The number of anilines is 1. The third-order valence-corrected chi connectivity index (χ3v) is 2.85. The summed E-state index contributed by atoms with van der Waals surface area (Å²) >= 11 is 0. The second-order valence-corrected chi connectivity index (χ2v) is 4.37.